The minimum Gasteiger partial charge on any atom is -0.389 e. The third-order valence-electron chi connectivity index (χ3n) is 3.73. The van der Waals surface area contributed by atoms with Gasteiger partial charge < -0.3 is 5.11 Å². The molecule has 2 atom stereocenters. The molecule has 1 nitrogen and oxygen atoms in total. The van der Waals surface area contributed by atoms with Gasteiger partial charge in [-0.3, -0.25) is 0 Å². The molecule has 3 heteroatoms. The van der Waals surface area contributed by atoms with Gasteiger partial charge in [0.1, 0.15) is 0 Å². The van der Waals surface area contributed by atoms with Gasteiger partial charge in [0.15, 0.2) is 0 Å². The van der Waals surface area contributed by atoms with Crippen molar-refractivity contribution in [2.75, 3.05) is 0 Å². The van der Waals surface area contributed by atoms with Gasteiger partial charge in [-0.2, -0.15) is 0 Å². The summed E-state index contributed by atoms with van der Waals surface area (Å²) in [4.78, 5) is 0. The normalized spacial score (nSPS) is 26.1. The Morgan fingerprint density at radius 1 is 1.21 bits per heavy atom. The van der Waals surface area contributed by atoms with Crippen LogP contribution in [0.3, 0.4) is 0 Å². The van der Waals surface area contributed by atoms with Gasteiger partial charge in [0.25, 0.3) is 0 Å². The second kappa shape index (κ2) is 4.56. The van der Waals surface area contributed by atoms with E-state index in [1.54, 1.807) is 6.92 Å². The van der Waals surface area contributed by atoms with E-state index < -0.39 is 17.9 Å². The summed E-state index contributed by atoms with van der Waals surface area (Å²) in [6.07, 6.45) is 2.67. The van der Waals surface area contributed by atoms with Gasteiger partial charge in [0, 0.05) is 5.92 Å². The van der Waals surface area contributed by atoms with Crippen LogP contribution < -0.4 is 0 Å². The average molecular weight is 206 g/mol. The molecule has 1 aliphatic rings. The first-order chi connectivity index (χ1) is 6.46. The summed E-state index contributed by atoms with van der Waals surface area (Å²) in [5.41, 5.74) is -1.20. The molecule has 0 aromatic carbocycles. The fraction of sp³-hybridized carbons (Fsp3) is 1.00. The number of aliphatic hydroxyl groups is 1. The molecule has 0 aliphatic heterocycles. The summed E-state index contributed by atoms with van der Waals surface area (Å²) >= 11 is 0. The maximum atomic E-state index is 12.5. The molecule has 84 valence electrons. The van der Waals surface area contributed by atoms with Crippen LogP contribution >= 0.6 is 0 Å². The Kier molecular flexibility index (Phi) is 3.87. The molecule has 1 N–H and O–H groups in total. The van der Waals surface area contributed by atoms with Crippen molar-refractivity contribution >= 4 is 0 Å². The highest BCUT2D eigenvalue weighted by atomic mass is 19.3. The van der Waals surface area contributed by atoms with Crippen LogP contribution in [0, 0.1) is 11.8 Å². The van der Waals surface area contributed by atoms with Crippen LogP contribution in [-0.2, 0) is 0 Å². The van der Waals surface area contributed by atoms with Crippen molar-refractivity contribution in [2.45, 2.75) is 58.0 Å². The number of hydrogen-bond acceptors (Lipinski definition) is 1. The molecule has 1 saturated carbocycles. The first-order valence-corrected chi connectivity index (χ1v) is 5.46. The van der Waals surface area contributed by atoms with E-state index in [1.807, 2.05) is 0 Å². The van der Waals surface area contributed by atoms with Crippen molar-refractivity contribution in [1.82, 2.24) is 0 Å². The summed E-state index contributed by atoms with van der Waals surface area (Å²) in [5.74, 6) is -0.870. The quantitative estimate of drug-likeness (QED) is 0.751. The summed E-state index contributed by atoms with van der Waals surface area (Å²) in [5, 5.41) is 10.1. The zero-order valence-electron chi connectivity index (χ0n) is 8.97. The van der Waals surface area contributed by atoms with Crippen LogP contribution in [0.1, 0.15) is 46.0 Å². The molecular weight excluding hydrogens is 186 g/mol. The average Bonchev–Trinajstić information content (AvgIpc) is 2.18. The molecule has 1 fully saturated rings. The van der Waals surface area contributed by atoms with E-state index in [2.05, 4.69) is 0 Å². The fourth-order valence-corrected chi connectivity index (χ4v) is 2.31. The molecule has 0 amide bonds. The molecule has 0 heterocycles. The Morgan fingerprint density at radius 2 is 1.71 bits per heavy atom. The van der Waals surface area contributed by atoms with E-state index in [0.717, 1.165) is 25.7 Å². The largest absolute Gasteiger partial charge is 0.389 e. The molecule has 0 radical (unpaired) electrons. The fourth-order valence-electron chi connectivity index (χ4n) is 2.31. The van der Waals surface area contributed by atoms with Crippen LogP contribution in [-0.4, -0.2) is 17.1 Å². The van der Waals surface area contributed by atoms with Crippen molar-refractivity contribution in [3.05, 3.63) is 0 Å². The maximum Gasteiger partial charge on any atom is 0.243 e. The van der Waals surface area contributed by atoms with Crippen molar-refractivity contribution in [1.29, 1.82) is 0 Å². The molecule has 0 aromatic heterocycles. The zero-order chi connectivity index (χ0) is 10.8. The molecule has 1 aliphatic carbocycles. The molecular formula is C11H20F2O. The van der Waals surface area contributed by atoms with Crippen molar-refractivity contribution < 1.29 is 13.9 Å². The summed E-state index contributed by atoms with van der Waals surface area (Å²) in [7, 11) is 0. The lowest BCUT2D eigenvalue weighted by atomic mass is 9.72. The van der Waals surface area contributed by atoms with Crippen LogP contribution in [0.5, 0.6) is 0 Å². The first-order valence-electron chi connectivity index (χ1n) is 5.46. The minimum absolute atomic E-state index is 0.0558. The van der Waals surface area contributed by atoms with Crippen LogP contribution in [0.25, 0.3) is 0 Å². The molecule has 0 bridgehead atoms. The van der Waals surface area contributed by atoms with E-state index in [4.69, 9.17) is 0 Å². The Hall–Kier alpha value is -0.180. The Labute approximate surface area is 84.5 Å². The molecule has 14 heavy (non-hydrogen) atoms. The van der Waals surface area contributed by atoms with Gasteiger partial charge in [-0.05, 0) is 25.7 Å². The Bertz CT molecular complexity index is 174. The van der Waals surface area contributed by atoms with Crippen molar-refractivity contribution in [3.63, 3.8) is 0 Å². The van der Waals surface area contributed by atoms with Crippen molar-refractivity contribution in [2.24, 2.45) is 11.8 Å². The Morgan fingerprint density at radius 3 is 2.14 bits per heavy atom. The second-order valence-electron chi connectivity index (χ2n) is 4.68. The summed E-state index contributed by atoms with van der Waals surface area (Å²) in [6, 6.07) is 0. The zero-order valence-corrected chi connectivity index (χ0v) is 8.97. The van der Waals surface area contributed by atoms with E-state index in [9.17, 15) is 13.9 Å². The lowest BCUT2D eigenvalue weighted by Crippen LogP contribution is -2.44. The maximum absolute atomic E-state index is 12.5. The highest BCUT2D eigenvalue weighted by Gasteiger charge is 2.41. The first kappa shape index (κ1) is 11.9. The number of alkyl halides is 2. The number of rotatable bonds is 3. The third kappa shape index (κ3) is 2.44. The summed E-state index contributed by atoms with van der Waals surface area (Å²) < 4.78 is 25.0. The predicted octanol–water partition coefficient (Wildman–Crippen LogP) is 3.22. The van der Waals surface area contributed by atoms with E-state index >= 15 is 0 Å². The minimum atomic E-state index is -2.42. The topological polar surface area (TPSA) is 20.2 Å². The predicted molar refractivity (Wildman–Crippen MR) is 52.4 cm³/mol. The molecule has 0 aromatic rings. The van der Waals surface area contributed by atoms with Gasteiger partial charge in [-0.25, -0.2) is 8.78 Å². The SMILES string of the molecule is CC(C(F)F)C(C)(O)C1CCCCC1. The smallest absolute Gasteiger partial charge is 0.243 e. The van der Waals surface area contributed by atoms with Crippen LogP contribution in [0.4, 0.5) is 8.78 Å². The van der Waals surface area contributed by atoms with Gasteiger partial charge in [0.05, 0.1) is 5.60 Å². The lowest BCUT2D eigenvalue weighted by Gasteiger charge is -2.39. The standard InChI is InChI=1S/C11H20F2O/c1-8(10(12)13)11(2,14)9-6-4-3-5-7-9/h8-10,14H,3-7H2,1-2H3. The van der Waals surface area contributed by atoms with Crippen LogP contribution in [0.15, 0.2) is 0 Å². The number of halogens is 2. The van der Waals surface area contributed by atoms with E-state index in [0.29, 0.717) is 0 Å². The third-order valence-corrected chi connectivity index (χ3v) is 3.73. The van der Waals surface area contributed by atoms with Gasteiger partial charge in [-0.1, -0.05) is 26.2 Å². The number of hydrogen-bond donors (Lipinski definition) is 1. The molecule has 2 unspecified atom stereocenters. The van der Waals surface area contributed by atoms with Gasteiger partial charge in [0.2, 0.25) is 6.43 Å². The Balaban J connectivity index is 2.61. The lowest BCUT2D eigenvalue weighted by molar-refractivity contribution is -0.108. The highest BCUT2D eigenvalue weighted by Crippen LogP contribution is 2.38. The highest BCUT2D eigenvalue weighted by molar-refractivity contribution is 4.89. The summed E-state index contributed by atoms with van der Waals surface area (Å²) in [6.45, 7) is 3.01. The van der Waals surface area contributed by atoms with Crippen LogP contribution in [0.2, 0.25) is 0 Å². The van der Waals surface area contributed by atoms with Gasteiger partial charge >= 0.3 is 0 Å². The monoisotopic (exact) mass is 206 g/mol. The van der Waals surface area contributed by atoms with E-state index in [1.165, 1.54) is 13.3 Å². The molecule has 0 spiro atoms. The molecule has 0 saturated heterocycles. The van der Waals surface area contributed by atoms with E-state index in [-0.39, 0.29) is 5.92 Å². The molecule has 1 rings (SSSR count). The second-order valence-corrected chi connectivity index (χ2v) is 4.68. The van der Waals surface area contributed by atoms with Gasteiger partial charge in [-0.15, -0.1) is 0 Å². The van der Waals surface area contributed by atoms with Crippen molar-refractivity contribution in [3.8, 4) is 0 Å².